The van der Waals surface area contributed by atoms with Crippen LogP contribution in [0.2, 0.25) is 0 Å². The van der Waals surface area contributed by atoms with Crippen LogP contribution in [-0.2, 0) is 4.74 Å². The van der Waals surface area contributed by atoms with E-state index >= 15 is 0 Å². The highest BCUT2D eigenvalue weighted by molar-refractivity contribution is 5.17. The summed E-state index contributed by atoms with van der Waals surface area (Å²) in [5.41, 5.74) is 0.939. The van der Waals surface area contributed by atoms with Crippen molar-refractivity contribution in [2.75, 3.05) is 20.3 Å². The number of nitrogens with one attached hydrogen (secondary N) is 1. The first-order valence-electron chi connectivity index (χ1n) is 5.19. The van der Waals surface area contributed by atoms with Gasteiger partial charge in [0.15, 0.2) is 0 Å². The van der Waals surface area contributed by atoms with Crippen LogP contribution in [-0.4, -0.2) is 31.4 Å². The molecule has 0 radical (unpaired) electrons. The van der Waals surface area contributed by atoms with Crippen LogP contribution in [0.1, 0.15) is 18.6 Å². The molecular weight excluding hydrogens is 190 g/mol. The number of methoxy groups -OCH3 is 1. The van der Waals surface area contributed by atoms with E-state index in [1.54, 1.807) is 7.11 Å². The maximum atomic E-state index is 9.83. The summed E-state index contributed by atoms with van der Waals surface area (Å²) in [5, 5.41) is 13.0. The average Bonchev–Trinajstić information content (AvgIpc) is 2.27. The van der Waals surface area contributed by atoms with Crippen molar-refractivity contribution in [2.45, 2.75) is 19.1 Å². The molecule has 0 aliphatic carbocycles. The number of rotatable bonds is 6. The molecular formula is C12H19NO2. The summed E-state index contributed by atoms with van der Waals surface area (Å²) < 4.78 is 5.00. The van der Waals surface area contributed by atoms with Gasteiger partial charge in [0.1, 0.15) is 0 Å². The molecule has 0 aliphatic heterocycles. The van der Waals surface area contributed by atoms with Crippen LogP contribution < -0.4 is 5.32 Å². The molecule has 0 bridgehead atoms. The maximum Gasteiger partial charge on any atom is 0.0914 e. The molecule has 2 atom stereocenters. The lowest BCUT2D eigenvalue weighted by Gasteiger charge is -2.16. The smallest absolute Gasteiger partial charge is 0.0914 e. The minimum absolute atomic E-state index is 0.258. The Morgan fingerprint density at radius 2 is 2.00 bits per heavy atom. The molecule has 15 heavy (non-hydrogen) atoms. The molecule has 0 saturated carbocycles. The summed E-state index contributed by atoms with van der Waals surface area (Å²) in [6.07, 6.45) is -0.453. The summed E-state index contributed by atoms with van der Waals surface area (Å²) >= 11 is 0. The van der Waals surface area contributed by atoms with E-state index in [9.17, 15) is 5.11 Å². The molecule has 1 rings (SSSR count). The molecule has 0 heterocycles. The van der Waals surface area contributed by atoms with Crippen molar-refractivity contribution in [3.63, 3.8) is 0 Å². The van der Waals surface area contributed by atoms with Gasteiger partial charge in [-0.2, -0.15) is 0 Å². The molecule has 0 saturated heterocycles. The molecule has 2 N–H and O–H groups in total. The van der Waals surface area contributed by atoms with Crippen LogP contribution in [0, 0.1) is 0 Å². The van der Waals surface area contributed by atoms with Gasteiger partial charge in [0.2, 0.25) is 0 Å². The second kappa shape index (κ2) is 6.56. The van der Waals surface area contributed by atoms with Gasteiger partial charge in [-0.15, -0.1) is 0 Å². The van der Waals surface area contributed by atoms with Crippen molar-refractivity contribution in [2.24, 2.45) is 0 Å². The Labute approximate surface area is 91.1 Å². The number of hydrogen-bond acceptors (Lipinski definition) is 3. The largest absolute Gasteiger partial charge is 0.387 e. The fourth-order valence-corrected chi connectivity index (χ4v) is 1.41. The molecule has 1 aromatic rings. The van der Waals surface area contributed by atoms with Crippen molar-refractivity contribution in [1.82, 2.24) is 5.32 Å². The van der Waals surface area contributed by atoms with Crippen molar-refractivity contribution >= 4 is 0 Å². The van der Waals surface area contributed by atoms with Gasteiger partial charge in [-0.3, -0.25) is 0 Å². The molecule has 3 nitrogen and oxygen atoms in total. The van der Waals surface area contributed by atoms with E-state index in [0.717, 1.165) is 5.56 Å². The number of hydrogen-bond donors (Lipinski definition) is 2. The summed E-state index contributed by atoms with van der Waals surface area (Å²) in [5.74, 6) is 0. The number of ether oxygens (including phenoxy) is 1. The van der Waals surface area contributed by atoms with Gasteiger partial charge >= 0.3 is 0 Å². The van der Waals surface area contributed by atoms with Gasteiger partial charge < -0.3 is 15.2 Å². The van der Waals surface area contributed by atoms with Gasteiger partial charge in [0.05, 0.1) is 12.7 Å². The molecule has 0 spiro atoms. The highest BCUT2D eigenvalue weighted by atomic mass is 16.5. The topological polar surface area (TPSA) is 41.5 Å². The molecule has 1 aromatic carbocycles. The lowest BCUT2D eigenvalue weighted by Crippen LogP contribution is -2.33. The van der Waals surface area contributed by atoms with E-state index in [1.165, 1.54) is 0 Å². The average molecular weight is 209 g/mol. The number of benzene rings is 1. The monoisotopic (exact) mass is 209 g/mol. The molecule has 0 aliphatic rings. The number of aliphatic hydroxyl groups excluding tert-OH is 1. The predicted octanol–water partition coefficient (Wildman–Crippen LogP) is 1.34. The van der Waals surface area contributed by atoms with Gasteiger partial charge in [-0.1, -0.05) is 30.3 Å². The molecule has 0 fully saturated rings. The third-order valence-electron chi connectivity index (χ3n) is 2.26. The van der Waals surface area contributed by atoms with Crippen LogP contribution in [0.25, 0.3) is 0 Å². The lowest BCUT2D eigenvalue weighted by molar-refractivity contribution is 0.143. The van der Waals surface area contributed by atoms with Crippen LogP contribution in [0.3, 0.4) is 0 Å². The maximum absolute atomic E-state index is 9.83. The second-order valence-electron chi connectivity index (χ2n) is 3.69. The van der Waals surface area contributed by atoms with Crippen molar-refractivity contribution in [1.29, 1.82) is 0 Å². The quantitative estimate of drug-likeness (QED) is 0.743. The lowest BCUT2D eigenvalue weighted by atomic mass is 10.1. The minimum Gasteiger partial charge on any atom is -0.387 e. The SMILES string of the molecule is COCC(C)NCC(O)c1ccccc1. The van der Waals surface area contributed by atoms with E-state index in [0.29, 0.717) is 13.2 Å². The van der Waals surface area contributed by atoms with E-state index in [-0.39, 0.29) is 6.04 Å². The van der Waals surface area contributed by atoms with E-state index in [4.69, 9.17) is 4.74 Å². The Morgan fingerprint density at radius 3 is 2.60 bits per heavy atom. The normalized spacial score (nSPS) is 14.9. The third kappa shape index (κ3) is 4.42. The molecule has 84 valence electrons. The molecule has 0 aromatic heterocycles. The Balaban J connectivity index is 2.33. The number of aliphatic hydroxyl groups is 1. The van der Waals surface area contributed by atoms with E-state index in [2.05, 4.69) is 5.32 Å². The molecule has 3 heteroatoms. The Morgan fingerprint density at radius 1 is 1.33 bits per heavy atom. The van der Waals surface area contributed by atoms with Gasteiger partial charge in [0.25, 0.3) is 0 Å². The summed E-state index contributed by atoms with van der Waals surface area (Å²) in [6.45, 7) is 3.23. The molecule has 2 unspecified atom stereocenters. The first-order chi connectivity index (χ1) is 7.24. The first kappa shape index (κ1) is 12.2. The van der Waals surface area contributed by atoms with Gasteiger partial charge in [0, 0.05) is 19.7 Å². The Kier molecular flexibility index (Phi) is 5.32. The van der Waals surface area contributed by atoms with Crippen LogP contribution in [0.5, 0.6) is 0 Å². The summed E-state index contributed by atoms with van der Waals surface area (Å²) in [4.78, 5) is 0. The van der Waals surface area contributed by atoms with Crippen molar-refractivity contribution in [3.8, 4) is 0 Å². The van der Waals surface area contributed by atoms with Crippen molar-refractivity contribution < 1.29 is 9.84 Å². The van der Waals surface area contributed by atoms with E-state index < -0.39 is 6.10 Å². The van der Waals surface area contributed by atoms with Crippen LogP contribution in [0.15, 0.2) is 30.3 Å². The third-order valence-corrected chi connectivity index (χ3v) is 2.26. The van der Waals surface area contributed by atoms with Gasteiger partial charge in [-0.05, 0) is 12.5 Å². The minimum atomic E-state index is -0.453. The Hall–Kier alpha value is -0.900. The standard InChI is InChI=1S/C12H19NO2/c1-10(9-15-2)13-8-12(14)11-6-4-3-5-7-11/h3-7,10,12-14H,8-9H2,1-2H3. The fourth-order valence-electron chi connectivity index (χ4n) is 1.41. The summed E-state index contributed by atoms with van der Waals surface area (Å²) in [6, 6.07) is 9.90. The Bertz CT molecular complexity index is 264. The molecule has 0 amide bonds. The first-order valence-corrected chi connectivity index (χ1v) is 5.19. The van der Waals surface area contributed by atoms with Crippen LogP contribution >= 0.6 is 0 Å². The van der Waals surface area contributed by atoms with Crippen LogP contribution in [0.4, 0.5) is 0 Å². The second-order valence-corrected chi connectivity index (χ2v) is 3.69. The summed E-state index contributed by atoms with van der Waals surface area (Å²) in [7, 11) is 1.67. The fraction of sp³-hybridized carbons (Fsp3) is 0.500. The zero-order chi connectivity index (χ0) is 11.1. The zero-order valence-corrected chi connectivity index (χ0v) is 9.31. The zero-order valence-electron chi connectivity index (χ0n) is 9.31. The van der Waals surface area contributed by atoms with Crippen molar-refractivity contribution in [3.05, 3.63) is 35.9 Å². The predicted molar refractivity (Wildman–Crippen MR) is 60.7 cm³/mol. The van der Waals surface area contributed by atoms with Gasteiger partial charge in [-0.25, -0.2) is 0 Å². The highest BCUT2D eigenvalue weighted by Gasteiger charge is 2.08. The highest BCUT2D eigenvalue weighted by Crippen LogP contribution is 2.10. The van der Waals surface area contributed by atoms with E-state index in [1.807, 2.05) is 37.3 Å².